The summed E-state index contributed by atoms with van der Waals surface area (Å²) in [6, 6.07) is 0.303. The van der Waals surface area contributed by atoms with Crippen molar-refractivity contribution >= 4 is 10.1 Å². The molecule has 3 fully saturated rings. The predicted molar refractivity (Wildman–Crippen MR) is 94.6 cm³/mol. The fraction of sp³-hybridized carbons (Fsp3) is 0.895. The van der Waals surface area contributed by atoms with Crippen molar-refractivity contribution in [1.82, 2.24) is 0 Å². The molecule has 3 saturated carbocycles. The first-order chi connectivity index (χ1) is 12.5. The van der Waals surface area contributed by atoms with E-state index in [0.29, 0.717) is 42.6 Å². The first-order valence-corrected chi connectivity index (χ1v) is 11.4. The fourth-order valence-corrected chi connectivity index (χ4v) is 7.30. The van der Waals surface area contributed by atoms with E-state index in [0.717, 1.165) is 38.5 Å². The molecular formula is C19H28F3NO3S. The first-order valence-electron chi connectivity index (χ1n) is 10.00. The Bertz CT molecular complexity index is 735. The van der Waals surface area contributed by atoms with Gasteiger partial charge in [0.1, 0.15) is 5.76 Å². The topological polar surface area (TPSA) is 69.4 Å². The van der Waals surface area contributed by atoms with Crippen molar-refractivity contribution < 1.29 is 25.8 Å². The molecule has 0 saturated heterocycles. The number of hydrogen-bond donors (Lipinski definition) is 1. The number of hydrogen-bond acceptors (Lipinski definition) is 4. The highest BCUT2D eigenvalue weighted by atomic mass is 32.2. The predicted octanol–water partition coefficient (Wildman–Crippen LogP) is 4.33. The van der Waals surface area contributed by atoms with Gasteiger partial charge in [-0.25, -0.2) is 0 Å². The monoisotopic (exact) mass is 407 g/mol. The van der Waals surface area contributed by atoms with Crippen LogP contribution in [0.2, 0.25) is 0 Å². The molecule has 0 spiro atoms. The molecule has 0 aromatic carbocycles. The fourth-order valence-electron chi connectivity index (χ4n) is 6.71. The maximum Gasteiger partial charge on any atom is 0.534 e. The van der Waals surface area contributed by atoms with Gasteiger partial charge in [0.25, 0.3) is 0 Å². The van der Waals surface area contributed by atoms with Crippen LogP contribution in [-0.2, 0) is 14.3 Å². The Labute approximate surface area is 158 Å². The van der Waals surface area contributed by atoms with E-state index in [1.165, 1.54) is 0 Å². The zero-order valence-electron chi connectivity index (χ0n) is 15.5. The van der Waals surface area contributed by atoms with Crippen LogP contribution in [-0.4, -0.2) is 20.0 Å². The third kappa shape index (κ3) is 3.11. The van der Waals surface area contributed by atoms with Gasteiger partial charge in [-0.05, 0) is 87.0 Å². The molecule has 0 bridgehead atoms. The van der Waals surface area contributed by atoms with Crippen LogP contribution >= 0.6 is 0 Å². The Hall–Kier alpha value is -0.760. The van der Waals surface area contributed by atoms with Crippen molar-refractivity contribution in [3.05, 3.63) is 11.8 Å². The summed E-state index contributed by atoms with van der Waals surface area (Å²) < 4.78 is 66.0. The summed E-state index contributed by atoms with van der Waals surface area (Å²) in [5.41, 5.74) is 0.151. The summed E-state index contributed by atoms with van der Waals surface area (Å²) >= 11 is 0. The third-order valence-electron chi connectivity index (χ3n) is 7.99. The molecule has 4 aliphatic carbocycles. The summed E-state index contributed by atoms with van der Waals surface area (Å²) in [4.78, 5) is 0. The van der Waals surface area contributed by atoms with Gasteiger partial charge in [0, 0.05) is 11.5 Å². The molecule has 0 aromatic heterocycles. The highest BCUT2D eigenvalue weighted by Crippen LogP contribution is 2.63. The summed E-state index contributed by atoms with van der Waals surface area (Å²) in [5.74, 6) is 2.54. The summed E-state index contributed by atoms with van der Waals surface area (Å²) in [7, 11) is -5.61. The minimum Gasteiger partial charge on any atom is -0.380 e. The largest absolute Gasteiger partial charge is 0.534 e. The quantitative estimate of drug-likeness (QED) is 0.547. The zero-order valence-corrected chi connectivity index (χ0v) is 16.4. The maximum atomic E-state index is 12.8. The number of halogens is 3. The second kappa shape index (κ2) is 6.37. The lowest BCUT2D eigenvalue weighted by atomic mass is 9.50. The number of rotatable bonds is 2. The highest BCUT2D eigenvalue weighted by Gasteiger charge is 2.58. The molecule has 0 unspecified atom stereocenters. The minimum absolute atomic E-state index is 0.0102. The number of fused-ring (bicyclic) bond motifs is 5. The lowest BCUT2D eigenvalue weighted by Crippen LogP contribution is -2.49. The number of nitrogens with two attached hydrogens (primary N) is 1. The van der Waals surface area contributed by atoms with Crippen molar-refractivity contribution in [2.24, 2.45) is 40.7 Å². The second-order valence-corrected chi connectivity index (χ2v) is 10.8. The van der Waals surface area contributed by atoms with E-state index in [-0.39, 0.29) is 11.7 Å². The molecule has 7 atom stereocenters. The van der Waals surface area contributed by atoms with Crippen LogP contribution in [0, 0.1) is 35.0 Å². The van der Waals surface area contributed by atoms with Crippen molar-refractivity contribution in [2.45, 2.75) is 69.8 Å². The van der Waals surface area contributed by atoms with Crippen LogP contribution in [0.5, 0.6) is 0 Å². The van der Waals surface area contributed by atoms with E-state index in [9.17, 15) is 21.6 Å². The smallest absolute Gasteiger partial charge is 0.380 e. The van der Waals surface area contributed by atoms with E-state index >= 15 is 0 Å². The van der Waals surface area contributed by atoms with E-state index in [1.807, 2.05) is 6.92 Å². The second-order valence-electron chi connectivity index (χ2n) is 9.25. The molecular weight excluding hydrogens is 379 g/mol. The zero-order chi connectivity index (χ0) is 19.6. The Morgan fingerprint density at radius 1 is 1.11 bits per heavy atom. The van der Waals surface area contributed by atoms with Crippen LogP contribution in [0.25, 0.3) is 0 Å². The van der Waals surface area contributed by atoms with Crippen LogP contribution < -0.4 is 5.73 Å². The average Bonchev–Trinajstić information content (AvgIpc) is 2.89. The molecule has 4 rings (SSSR count). The SMILES string of the molecule is C[C@]12CC[C@H]3[C@@H](CC[C@H]4C[C@H](N)CC[C@@H]43)[C@@H]1CC=C2OS(=O)(=O)C(F)(F)F. The molecule has 4 aliphatic rings. The van der Waals surface area contributed by atoms with E-state index in [2.05, 4.69) is 4.18 Å². The van der Waals surface area contributed by atoms with Crippen molar-refractivity contribution in [2.75, 3.05) is 0 Å². The molecule has 0 aromatic rings. The van der Waals surface area contributed by atoms with Crippen molar-refractivity contribution in [3.8, 4) is 0 Å². The molecule has 4 nitrogen and oxygen atoms in total. The Kier molecular flexibility index (Phi) is 4.61. The average molecular weight is 407 g/mol. The normalized spacial score (nSPS) is 44.7. The molecule has 2 N–H and O–H groups in total. The lowest BCUT2D eigenvalue weighted by Gasteiger charge is -2.55. The highest BCUT2D eigenvalue weighted by molar-refractivity contribution is 7.87. The van der Waals surface area contributed by atoms with Crippen LogP contribution in [0.3, 0.4) is 0 Å². The van der Waals surface area contributed by atoms with Crippen LogP contribution in [0.1, 0.15) is 58.3 Å². The van der Waals surface area contributed by atoms with Gasteiger partial charge in [0.05, 0.1) is 0 Å². The Morgan fingerprint density at radius 2 is 1.81 bits per heavy atom. The molecule has 0 aliphatic heterocycles. The standard InChI is InChI=1S/C19H28F3NO3S/c1-18-9-8-14-13-5-3-12(23)10-11(13)2-4-15(14)16(18)6-7-17(18)26-27(24,25)19(20,21)22/h7,11-16H,2-6,8-10,23H2,1H3/t11-,12+,13-,14+,15+,16-,18-/m0/s1. The van der Waals surface area contributed by atoms with Crippen molar-refractivity contribution in [1.29, 1.82) is 0 Å². The molecule has 0 heterocycles. The van der Waals surface area contributed by atoms with Gasteiger partial charge >= 0.3 is 15.6 Å². The summed E-state index contributed by atoms with van der Waals surface area (Å²) in [6.45, 7) is 1.89. The first kappa shape index (κ1) is 19.6. The number of alkyl halides is 3. The van der Waals surface area contributed by atoms with Gasteiger partial charge in [0.2, 0.25) is 0 Å². The molecule has 8 heteroatoms. The van der Waals surface area contributed by atoms with Gasteiger partial charge in [-0.3, -0.25) is 0 Å². The maximum absolute atomic E-state index is 12.8. The van der Waals surface area contributed by atoms with Crippen molar-refractivity contribution in [3.63, 3.8) is 0 Å². The molecule has 27 heavy (non-hydrogen) atoms. The van der Waals surface area contributed by atoms with E-state index < -0.39 is 21.0 Å². The van der Waals surface area contributed by atoms with E-state index in [1.54, 1.807) is 6.08 Å². The van der Waals surface area contributed by atoms with Gasteiger partial charge in [0.15, 0.2) is 0 Å². The van der Waals surface area contributed by atoms with Gasteiger partial charge in [-0.2, -0.15) is 21.6 Å². The van der Waals surface area contributed by atoms with Gasteiger partial charge in [-0.1, -0.05) is 6.92 Å². The van der Waals surface area contributed by atoms with Crippen LogP contribution in [0.4, 0.5) is 13.2 Å². The summed E-state index contributed by atoms with van der Waals surface area (Å²) in [6.07, 6.45) is 9.31. The number of allylic oxidation sites excluding steroid dienone is 2. The summed E-state index contributed by atoms with van der Waals surface area (Å²) in [5, 5.41) is 0. The Balaban J connectivity index is 1.53. The third-order valence-corrected chi connectivity index (χ3v) is 8.95. The molecule has 0 amide bonds. The van der Waals surface area contributed by atoms with Crippen LogP contribution in [0.15, 0.2) is 11.8 Å². The molecule has 154 valence electrons. The van der Waals surface area contributed by atoms with Gasteiger partial charge < -0.3 is 9.92 Å². The molecule has 0 radical (unpaired) electrons. The lowest BCUT2D eigenvalue weighted by molar-refractivity contribution is -0.0631. The minimum atomic E-state index is -5.61. The van der Waals surface area contributed by atoms with E-state index in [4.69, 9.17) is 5.73 Å². The van der Waals surface area contributed by atoms with Gasteiger partial charge in [-0.15, -0.1) is 0 Å². The Morgan fingerprint density at radius 3 is 2.52 bits per heavy atom.